The highest BCUT2D eigenvalue weighted by molar-refractivity contribution is 5.77. The van der Waals surface area contributed by atoms with Crippen LogP contribution >= 0.6 is 0 Å². The third-order valence-corrected chi connectivity index (χ3v) is 2.72. The van der Waals surface area contributed by atoms with Crippen LogP contribution in [0.1, 0.15) is 30.2 Å². The summed E-state index contributed by atoms with van der Waals surface area (Å²) in [7, 11) is 0. The fraction of sp³-hybridized carbons (Fsp3) is 0.357. The molecule has 0 radical (unpaired) electrons. The SMILES string of the molecule is Cc1nc(C(C)NC(=O)COCc2ccccc2)n[nH]1. The van der Waals surface area contributed by atoms with Crippen LogP contribution in [0.3, 0.4) is 0 Å². The second-order valence-corrected chi connectivity index (χ2v) is 4.55. The largest absolute Gasteiger partial charge is 0.367 e. The number of aromatic nitrogens is 3. The van der Waals surface area contributed by atoms with Gasteiger partial charge in [-0.1, -0.05) is 30.3 Å². The third-order valence-electron chi connectivity index (χ3n) is 2.72. The van der Waals surface area contributed by atoms with Crippen LogP contribution in [0.5, 0.6) is 0 Å². The molecule has 0 spiro atoms. The lowest BCUT2D eigenvalue weighted by Crippen LogP contribution is -2.30. The Balaban J connectivity index is 1.73. The van der Waals surface area contributed by atoms with Crippen LogP contribution in [-0.2, 0) is 16.1 Å². The van der Waals surface area contributed by atoms with Crippen molar-refractivity contribution in [3.63, 3.8) is 0 Å². The maximum Gasteiger partial charge on any atom is 0.246 e. The van der Waals surface area contributed by atoms with Gasteiger partial charge in [-0.15, -0.1) is 0 Å². The number of nitrogens with zero attached hydrogens (tertiary/aromatic N) is 2. The van der Waals surface area contributed by atoms with Crippen LogP contribution in [0.4, 0.5) is 0 Å². The second kappa shape index (κ2) is 6.81. The highest BCUT2D eigenvalue weighted by Gasteiger charge is 2.13. The van der Waals surface area contributed by atoms with Gasteiger partial charge in [0.15, 0.2) is 5.82 Å². The zero-order valence-electron chi connectivity index (χ0n) is 11.6. The van der Waals surface area contributed by atoms with E-state index in [2.05, 4.69) is 20.5 Å². The van der Waals surface area contributed by atoms with Crippen LogP contribution in [0.25, 0.3) is 0 Å². The molecule has 1 amide bonds. The molecule has 6 nitrogen and oxygen atoms in total. The number of hydrogen-bond acceptors (Lipinski definition) is 4. The summed E-state index contributed by atoms with van der Waals surface area (Å²) in [6.07, 6.45) is 0. The van der Waals surface area contributed by atoms with Gasteiger partial charge < -0.3 is 10.1 Å². The van der Waals surface area contributed by atoms with Gasteiger partial charge in [-0.05, 0) is 19.4 Å². The van der Waals surface area contributed by atoms with E-state index in [9.17, 15) is 4.79 Å². The first kappa shape index (κ1) is 14.2. The molecule has 1 aromatic carbocycles. The van der Waals surface area contributed by atoms with Gasteiger partial charge in [0.2, 0.25) is 5.91 Å². The number of rotatable bonds is 6. The molecule has 0 saturated carbocycles. The highest BCUT2D eigenvalue weighted by atomic mass is 16.5. The lowest BCUT2D eigenvalue weighted by molar-refractivity contribution is -0.126. The zero-order valence-corrected chi connectivity index (χ0v) is 11.6. The molecule has 2 rings (SSSR count). The molecule has 20 heavy (non-hydrogen) atoms. The topological polar surface area (TPSA) is 79.9 Å². The number of nitrogens with one attached hydrogen (secondary N) is 2. The van der Waals surface area contributed by atoms with E-state index in [1.807, 2.05) is 44.2 Å². The Morgan fingerprint density at radius 1 is 1.40 bits per heavy atom. The molecule has 6 heteroatoms. The third kappa shape index (κ3) is 4.17. The molecule has 1 unspecified atom stereocenters. The molecule has 0 aliphatic carbocycles. The van der Waals surface area contributed by atoms with Gasteiger partial charge in [-0.25, -0.2) is 4.98 Å². The lowest BCUT2D eigenvalue weighted by Gasteiger charge is -2.10. The normalized spacial score (nSPS) is 12.1. The minimum absolute atomic E-state index is 0.0165. The molecule has 0 fully saturated rings. The van der Waals surface area contributed by atoms with Crippen LogP contribution in [-0.4, -0.2) is 27.7 Å². The number of benzene rings is 1. The Morgan fingerprint density at radius 3 is 2.80 bits per heavy atom. The maximum atomic E-state index is 11.7. The van der Waals surface area contributed by atoms with Crippen LogP contribution < -0.4 is 5.32 Å². The van der Waals surface area contributed by atoms with Gasteiger partial charge in [0.25, 0.3) is 0 Å². The molecule has 0 aliphatic rings. The molecule has 106 valence electrons. The lowest BCUT2D eigenvalue weighted by atomic mass is 10.2. The summed E-state index contributed by atoms with van der Waals surface area (Å²) in [5.74, 6) is 1.11. The number of aryl methyl sites for hydroxylation is 1. The first-order valence-corrected chi connectivity index (χ1v) is 6.45. The Kier molecular flexibility index (Phi) is 4.84. The molecule has 1 heterocycles. The fourth-order valence-electron chi connectivity index (χ4n) is 1.74. The van der Waals surface area contributed by atoms with Crippen LogP contribution in [0.15, 0.2) is 30.3 Å². The van der Waals surface area contributed by atoms with E-state index in [0.29, 0.717) is 12.4 Å². The molecule has 0 saturated heterocycles. The van der Waals surface area contributed by atoms with Crippen molar-refractivity contribution >= 4 is 5.91 Å². The fourth-order valence-corrected chi connectivity index (χ4v) is 1.74. The number of hydrogen-bond donors (Lipinski definition) is 2. The predicted molar refractivity (Wildman–Crippen MR) is 73.8 cm³/mol. The average Bonchev–Trinajstić information content (AvgIpc) is 2.87. The quantitative estimate of drug-likeness (QED) is 0.836. The molecule has 0 aliphatic heterocycles. The predicted octanol–water partition coefficient (Wildman–Crippen LogP) is 1.51. The first-order valence-electron chi connectivity index (χ1n) is 6.45. The summed E-state index contributed by atoms with van der Waals surface area (Å²) in [5.41, 5.74) is 1.04. The molecular formula is C14H18N4O2. The number of H-pyrrole nitrogens is 1. The van der Waals surface area contributed by atoms with E-state index < -0.39 is 0 Å². The van der Waals surface area contributed by atoms with Crippen molar-refractivity contribution in [3.05, 3.63) is 47.5 Å². The van der Waals surface area contributed by atoms with Crippen molar-refractivity contribution in [3.8, 4) is 0 Å². The number of aromatic amines is 1. The van der Waals surface area contributed by atoms with Crippen molar-refractivity contribution in [2.24, 2.45) is 0 Å². The number of carbonyl (C=O) groups is 1. The van der Waals surface area contributed by atoms with Crippen molar-refractivity contribution in [1.29, 1.82) is 0 Å². The average molecular weight is 274 g/mol. The number of amides is 1. The second-order valence-electron chi connectivity index (χ2n) is 4.55. The van der Waals surface area contributed by atoms with Crippen molar-refractivity contribution in [2.75, 3.05) is 6.61 Å². The van der Waals surface area contributed by atoms with Gasteiger partial charge in [0.05, 0.1) is 12.6 Å². The van der Waals surface area contributed by atoms with Gasteiger partial charge in [-0.3, -0.25) is 9.89 Å². The Hall–Kier alpha value is -2.21. The maximum absolute atomic E-state index is 11.7. The summed E-state index contributed by atoms with van der Waals surface area (Å²) in [5, 5.41) is 9.54. The van der Waals surface area contributed by atoms with Crippen LogP contribution in [0.2, 0.25) is 0 Å². The minimum atomic E-state index is -0.243. The summed E-state index contributed by atoms with van der Waals surface area (Å²) < 4.78 is 5.36. The molecule has 2 aromatic rings. The van der Waals surface area contributed by atoms with Crippen molar-refractivity contribution in [1.82, 2.24) is 20.5 Å². The van der Waals surface area contributed by atoms with E-state index in [4.69, 9.17) is 4.74 Å². The summed E-state index contributed by atoms with van der Waals surface area (Å²) in [4.78, 5) is 15.9. The van der Waals surface area contributed by atoms with E-state index in [0.717, 1.165) is 11.4 Å². The van der Waals surface area contributed by atoms with Crippen molar-refractivity contribution in [2.45, 2.75) is 26.5 Å². The summed E-state index contributed by atoms with van der Waals surface area (Å²) in [6.45, 7) is 4.08. The zero-order chi connectivity index (χ0) is 14.4. The van der Waals surface area contributed by atoms with Gasteiger partial charge in [0, 0.05) is 0 Å². The first-order chi connectivity index (χ1) is 9.65. The van der Waals surface area contributed by atoms with Crippen LogP contribution in [0, 0.1) is 6.92 Å². The minimum Gasteiger partial charge on any atom is -0.367 e. The molecule has 0 bridgehead atoms. The highest BCUT2D eigenvalue weighted by Crippen LogP contribution is 2.05. The Morgan fingerprint density at radius 2 is 2.15 bits per heavy atom. The van der Waals surface area contributed by atoms with E-state index in [-0.39, 0.29) is 18.6 Å². The standard InChI is InChI=1S/C14H18N4O2/c1-10(14-16-11(2)17-18-14)15-13(19)9-20-8-12-6-4-3-5-7-12/h3-7,10H,8-9H2,1-2H3,(H,15,19)(H,16,17,18). The summed E-state index contributed by atoms with van der Waals surface area (Å²) in [6, 6.07) is 9.48. The van der Waals surface area contributed by atoms with E-state index in [1.54, 1.807) is 0 Å². The summed E-state index contributed by atoms with van der Waals surface area (Å²) >= 11 is 0. The van der Waals surface area contributed by atoms with Crippen molar-refractivity contribution < 1.29 is 9.53 Å². The molecule has 1 aromatic heterocycles. The van der Waals surface area contributed by atoms with Gasteiger partial charge in [0.1, 0.15) is 12.4 Å². The van der Waals surface area contributed by atoms with E-state index in [1.165, 1.54) is 0 Å². The van der Waals surface area contributed by atoms with Gasteiger partial charge in [-0.2, -0.15) is 5.10 Å². The molecular weight excluding hydrogens is 256 g/mol. The number of carbonyl (C=O) groups excluding carboxylic acids is 1. The monoisotopic (exact) mass is 274 g/mol. The number of ether oxygens (including phenoxy) is 1. The van der Waals surface area contributed by atoms with E-state index >= 15 is 0 Å². The van der Waals surface area contributed by atoms with Gasteiger partial charge >= 0.3 is 0 Å². The Labute approximate surface area is 117 Å². The molecule has 1 atom stereocenters. The Bertz CT molecular complexity index is 553. The smallest absolute Gasteiger partial charge is 0.246 e. The molecule has 2 N–H and O–H groups in total.